The molecular weight excluding hydrogens is 356 g/mol. The number of rotatable bonds is 5. The van der Waals surface area contributed by atoms with E-state index in [2.05, 4.69) is 0 Å². The Bertz CT molecular complexity index is 621. The van der Waals surface area contributed by atoms with Gasteiger partial charge in [-0.3, -0.25) is 4.18 Å². The molecule has 2 rings (SSSR count). The standard InChI is InChI=1S/C18H28N2O5S/c1-18(2,3)24-17(21)20-10-8-15(9-11-20)16(25-26(22)23)14-6-4-13(12-19)5-7-14/h4-7,15-16H,8-12,19H2,1-3H3,(H,22,23)/p-1. The van der Waals surface area contributed by atoms with E-state index in [1.807, 2.05) is 45.0 Å². The molecule has 0 aromatic heterocycles. The molecule has 1 aliphatic heterocycles. The zero-order chi connectivity index (χ0) is 19.3. The normalized spacial score (nSPS) is 18.4. The van der Waals surface area contributed by atoms with Crippen molar-refractivity contribution in [3.8, 4) is 0 Å². The fraction of sp³-hybridized carbons (Fsp3) is 0.611. The van der Waals surface area contributed by atoms with Crippen LogP contribution in [0.15, 0.2) is 24.3 Å². The Morgan fingerprint density at radius 3 is 2.35 bits per heavy atom. The molecule has 1 amide bonds. The van der Waals surface area contributed by atoms with E-state index < -0.39 is 23.1 Å². The molecule has 2 N–H and O–H groups in total. The summed E-state index contributed by atoms with van der Waals surface area (Å²) in [6.07, 6.45) is 0.369. The fourth-order valence-corrected chi connectivity index (χ4v) is 3.48. The summed E-state index contributed by atoms with van der Waals surface area (Å²) in [6, 6.07) is 7.43. The molecule has 26 heavy (non-hydrogen) atoms. The van der Waals surface area contributed by atoms with Gasteiger partial charge < -0.3 is 19.9 Å². The lowest BCUT2D eigenvalue weighted by atomic mass is 9.87. The van der Waals surface area contributed by atoms with E-state index in [4.69, 9.17) is 14.7 Å². The predicted molar refractivity (Wildman–Crippen MR) is 97.6 cm³/mol. The monoisotopic (exact) mass is 383 g/mol. The van der Waals surface area contributed by atoms with Crippen molar-refractivity contribution < 1.29 is 22.5 Å². The number of piperidine rings is 1. The molecule has 0 spiro atoms. The van der Waals surface area contributed by atoms with Crippen molar-refractivity contribution in [2.24, 2.45) is 11.7 Å². The summed E-state index contributed by atoms with van der Waals surface area (Å²) in [5.74, 6) is -0.00434. The number of carbonyl (C=O) groups is 1. The van der Waals surface area contributed by atoms with Gasteiger partial charge in [0.1, 0.15) is 11.7 Å². The Labute approximate surface area is 157 Å². The van der Waals surface area contributed by atoms with Gasteiger partial charge >= 0.3 is 6.09 Å². The summed E-state index contributed by atoms with van der Waals surface area (Å²) >= 11 is -2.62. The second kappa shape index (κ2) is 8.94. The molecule has 7 nitrogen and oxygen atoms in total. The maximum atomic E-state index is 12.2. The minimum absolute atomic E-state index is 0.00434. The van der Waals surface area contributed by atoms with Crippen LogP contribution in [0.25, 0.3) is 0 Å². The molecule has 0 bridgehead atoms. The number of benzene rings is 1. The van der Waals surface area contributed by atoms with Crippen molar-refractivity contribution >= 4 is 17.5 Å². The molecule has 1 aromatic rings. The lowest BCUT2D eigenvalue weighted by Crippen LogP contribution is -2.42. The molecule has 1 aromatic carbocycles. The third kappa shape index (κ3) is 6.05. The molecule has 1 fully saturated rings. The van der Waals surface area contributed by atoms with Gasteiger partial charge in [0.15, 0.2) is 0 Å². The van der Waals surface area contributed by atoms with Gasteiger partial charge in [-0.05, 0) is 50.7 Å². The Hall–Kier alpha value is -1.48. The number of hydrogen-bond acceptors (Lipinski definition) is 6. The first kappa shape index (κ1) is 20.8. The van der Waals surface area contributed by atoms with E-state index >= 15 is 0 Å². The van der Waals surface area contributed by atoms with E-state index in [0.29, 0.717) is 32.5 Å². The van der Waals surface area contributed by atoms with Crippen molar-refractivity contribution in [2.45, 2.75) is 51.9 Å². The van der Waals surface area contributed by atoms with Crippen molar-refractivity contribution in [2.75, 3.05) is 13.1 Å². The molecule has 0 aliphatic carbocycles. The summed E-state index contributed by atoms with van der Waals surface area (Å²) < 4.78 is 32.9. The Morgan fingerprint density at radius 1 is 1.31 bits per heavy atom. The van der Waals surface area contributed by atoms with Crippen LogP contribution >= 0.6 is 0 Å². The Morgan fingerprint density at radius 2 is 1.88 bits per heavy atom. The van der Waals surface area contributed by atoms with Crippen LogP contribution in [0.5, 0.6) is 0 Å². The van der Waals surface area contributed by atoms with Crippen molar-refractivity contribution in [1.82, 2.24) is 4.90 Å². The first-order valence-electron chi connectivity index (χ1n) is 8.73. The van der Waals surface area contributed by atoms with E-state index in [9.17, 15) is 13.6 Å². The van der Waals surface area contributed by atoms with Gasteiger partial charge in [-0.15, -0.1) is 0 Å². The van der Waals surface area contributed by atoms with Crippen LogP contribution in [0, 0.1) is 5.92 Å². The topological polar surface area (TPSA) is 105 Å². The van der Waals surface area contributed by atoms with E-state index in [1.165, 1.54) is 0 Å². The highest BCUT2D eigenvalue weighted by molar-refractivity contribution is 7.74. The average molecular weight is 383 g/mol. The third-order valence-electron chi connectivity index (χ3n) is 4.35. The van der Waals surface area contributed by atoms with Crippen LogP contribution in [-0.4, -0.2) is 38.4 Å². The summed E-state index contributed by atoms with van der Waals surface area (Å²) in [4.78, 5) is 13.8. The smallest absolute Gasteiger partial charge is 0.410 e. The van der Waals surface area contributed by atoms with E-state index in [1.54, 1.807) is 4.90 Å². The SMILES string of the molecule is CC(C)(C)OC(=O)N1CCC(C(OS(=O)[O-])c2ccc(CN)cc2)CC1. The van der Waals surface area contributed by atoms with Gasteiger partial charge in [0.25, 0.3) is 0 Å². The number of amides is 1. The van der Waals surface area contributed by atoms with Crippen LogP contribution in [0.2, 0.25) is 0 Å². The van der Waals surface area contributed by atoms with Crippen LogP contribution in [-0.2, 0) is 26.8 Å². The summed E-state index contributed by atoms with van der Waals surface area (Å²) in [5, 5.41) is 0. The Kier molecular flexibility index (Phi) is 7.16. The fourth-order valence-electron chi connectivity index (χ4n) is 3.05. The first-order chi connectivity index (χ1) is 12.2. The van der Waals surface area contributed by atoms with E-state index in [-0.39, 0.29) is 12.0 Å². The van der Waals surface area contributed by atoms with Crippen LogP contribution < -0.4 is 5.73 Å². The third-order valence-corrected chi connectivity index (χ3v) is 4.71. The minimum Gasteiger partial charge on any atom is -0.750 e. The number of likely N-dealkylation sites (tertiary alicyclic amines) is 1. The summed E-state index contributed by atoms with van der Waals surface area (Å²) in [7, 11) is 0. The molecular formula is C18H27N2O5S-. The molecule has 0 saturated carbocycles. The molecule has 8 heteroatoms. The number of hydrogen-bond donors (Lipinski definition) is 1. The molecule has 1 saturated heterocycles. The van der Waals surface area contributed by atoms with Gasteiger partial charge in [0.2, 0.25) is 0 Å². The highest BCUT2D eigenvalue weighted by Gasteiger charge is 2.32. The van der Waals surface area contributed by atoms with Gasteiger partial charge in [-0.1, -0.05) is 24.3 Å². The quantitative estimate of drug-likeness (QED) is 0.784. The molecule has 1 aliphatic rings. The van der Waals surface area contributed by atoms with Crippen LogP contribution in [0.1, 0.15) is 50.8 Å². The molecule has 2 atom stereocenters. The average Bonchev–Trinajstić information content (AvgIpc) is 2.58. The van der Waals surface area contributed by atoms with Gasteiger partial charge in [-0.2, -0.15) is 0 Å². The van der Waals surface area contributed by atoms with Gasteiger partial charge in [0, 0.05) is 19.6 Å². The highest BCUT2D eigenvalue weighted by Crippen LogP contribution is 2.34. The summed E-state index contributed by atoms with van der Waals surface area (Å²) in [6.45, 7) is 6.92. The predicted octanol–water partition coefficient (Wildman–Crippen LogP) is 2.64. The zero-order valence-corrected chi connectivity index (χ0v) is 16.3. The molecule has 0 radical (unpaired) electrons. The van der Waals surface area contributed by atoms with Crippen molar-refractivity contribution in [3.05, 3.63) is 35.4 Å². The van der Waals surface area contributed by atoms with Crippen LogP contribution in [0.4, 0.5) is 4.79 Å². The maximum absolute atomic E-state index is 12.2. The van der Waals surface area contributed by atoms with E-state index in [0.717, 1.165) is 11.1 Å². The lowest BCUT2D eigenvalue weighted by Gasteiger charge is -2.36. The van der Waals surface area contributed by atoms with Crippen molar-refractivity contribution in [1.29, 1.82) is 0 Å². The number of ether oxygens (including phenoxy) is 1. The van der Waals surface area contributed by atoms with Crippen molar-refractivity contribution in [3.63, 3.8) is 0 Å². The first-order valence-corrected chi connectivity index (χ1v) is 9.73. The highest BCUT2D eigenvalue weighted by atomic mass is 32.2. The van der Waals surface area contributed by atoms with Crippen LogP contribution in [0.3, 0.4) is 0 Å². The van der Waals surface area contributed by atoms with Gasteiger partial charge in [0.05, 0.1) is 11.4 Å². The zero-order valence-electron chi connectivity index (χ0n) is 15.5. The molecule has 2 unspecified atom stereocenters. The Balaban J connectivity index is 2.04. The number of nitrogens with zero attached hydrogens (tertiary/aromatic N) is 1. The largest absolute Gasteiger partial charge is 0.750 e. The second-order valence-electron chi connectivity index (χ2n) is 7.47. The molecule has 1 heterocycles. The number of nitrogens with two attached hydrogens (primary N) is 1. The molecule has 146 valence electrons. The maximum Gasteiger partial charge on any atom is 0.410 e. The number of carbonyl (C=O) groups excluding carboxylic acids is 1. The van der Waals surface area contributed by atoms with Gasteiger partial charge in [-0.25, -0.2) is 9.00 Å². The second-order valence-corrected chi connectivity index (χ2v) is 8.07. The summed E-state index contributed by atoms with van der Waals surface area (Å²) in [5.41, 5.74) is 6.83. The lowest BCUT2D eigenvalue weighted by molar-refractivity contribution is 0.0108. The minimum atomic E-state index is -2.62.